The lowest BCUT2D eigenvalue weighted by Crippen LogP contribution is -1.98. The van der Waals surface area contributed by atoms with E-state index < -0.39 is 17.7 Å². The number of hydrogen-bond donors (Lipinski definition) is 0. The Morgan fingerprint density at radius 1 is 0.875 bits per heavy atom. The molecule has 0 fully saturated rings. The average molecular weight is 337 g/mol. The van der Waals surface area contributed by atoms with Crippen LogP contribution in [0.1, 0.15) is 45.4 Å². The van der Waals surface area contributed by atoms with Crippen molar-refractivity contribution in [1.29, 1.82) is 0 Å². The number of benzene rings is 1. The van der Waals surface area contributed by atoms with Crippen LogP contribution in [0.25, 0.3) is 11.1 Å². The second kappa shape index (κ2) is 9.30. The molecular formula is C19H22F3NO. The van der Waals surface area contributed by atoms with Gasteiger partial charge >= 0.3 is 0 Å². The Kier molecular flexibility index (Phi) is 7.09. The summed E-state index contributed by atoms with van der Waals surface area (Å²) in [6.07, 6.45) is 7.13. The Morgan fingerprint density at radius 2 is 1.54 bits per heavy atom. The van der Waals surface area contributed by atoms with Gasteiger partial charge < -0.3 is 4.74 Å². The maximum Gasteiger partial charge on any atom is 0.251 e. The molecule has 0 aliphatic heterocycles. The van der Waals surface area contributed by atoms with Crippen LogP contribution in [0.5, 0.6) is 5.75 Å². The zero-order valence-electron chi connectivity index (χ0n) is 13.8. The van der Waals surface area contributed by atoms with Gasteiger partial charge in [-0.25, -0.2) is 4.39 Å². The summed E-state index contributed by atoms with van der Waals surface area (Å²) in [5, 5.41) is 0. The summed E-state index contributed by atoms with van der Waals surface area (Å²) >= 11 is 0. The van der Waals surface area contributed by atoms with Gasteiger partial charge in [0.25, 0.3) is 5.95 Å². The average Bonchev–Trinajstić information content (AvgIpc) is 2.58. The topological polar surface area (TPSA) is 22.1 Å². The highest BCUT2D eigenvalue weighted by molar-refractivity contribution is 5.63. The quantitative estimate of drug-likeness (QED) is 0.419. The Morgan fingerprint density at radius 3 is 2.25 bits per heavy atom. The Balaban J connectivity index is 1.86. The van der Waals surface area contributed by atoms with Crippen molar-refractivity contribution in [2.75, 3.05) is 6.61 Å². The SMILES string of the molecule is CCCCCCCCOc1ccc(-c2cc(F)c(F)nc2F)cc1. The summed E-state index contributed by atoms with van der Waals surface area (Å²) in [5.41, 5.74) is 0.349. The molecule has 0 unspecified atom stereocenters. The Hall–Kier alpha value is -2.04. The molecule has 0 saturated carbocycles. The van der Waals surface area contributed by atoms with Gasteiger partial charge in [0.2, 0.25) is 5.95 Å². The van der Waals surface area contributed by atoms with Crippen molar-refractivity contribution in [1.82, 2.24) is 4.98 Å². The monoisotopic (exact) mass is 337 g/mol. The van der Waals surface area contributed by atoms with Crippen LogP contribution in [0.4, 0.5) is 13.2 Å². The first kappa shape index (κ1) is 18.3. The molecule has 0 N–H and O–H groups in total. The van der Waals surface area contributed by atoms with Crippen LogP contribution >= 0.6 is 0 Å². The third-order valence-corrected chi connectivity index (χ3v) is 3.82. The molecule has 1 aromatic carbocycles. The van der Waals surface area contributed by atoms with Crippen LogP contribution in [0.3, 0.4) is 0 Å². The van der Waals surface area contributed by atoms with Gasteiger partial charge in [0, 0.05) is 5.56 Å². The molecule has 0 aliphatic carbocycles. The molecular weight excluding hydrogens is 315 g/mol. The first-order valence-electron chi connectivity index (χ1n) is 8.36. The number of unbranched alkanes of at least 4 members (excludes halogenated alkanes) is 5. The molecule has 2 aromatic rings. The zero-order chi connectivity index (χ0) is 17.4. The maximum absolute atomic E-state index is 13.6. The number of rotatable bonds is 9. The largest absolute Gasteiger partial charge is 0.494 e. The predicted octanol–water partition coefficient (Wildman–Crippen LogP) is 5.91. The lowest BCUT2D eigenvalue weighted by atomic mass is 10.1. The zero-order valence-corrected chi connectivity index (χ0v) is 13.8. The van der Waals surface area contributed by atoms with E-state index in [1.165, 1.54) is 25.7 Å². The minimum absolute atomic E-state index is 0.0728. The van der Waals surface area contributed by atoms with Crippen LogP contribution in [0.15, 0.2) is 30.3 Å². The number of hydrogen-bond acceptors (Lipinski definition) is 2. The summed E-state index contributed by atoms with van der Waals surface area (Å²) in [6.45, 7) is 2.82. The van der Waals surface area contributed by atoms with Crippen LogP contribution in [0.2, 0.25) is 0 Å². The molecule has 1 heterocycles. The van der Waals surface area contributed by atoms with Crippen LogP contribution in [-0.2, 0) is 0 Å². The van der Waals surface area contributed by atoms with Gasteiger partial charge in [-0.2, -0.15) is 13.8 Å². The molecule has 130 valence electrons. The van der Waals surface area contributed by atoms with E-state index in [1.807, 2.05) is 0 Å². The number of ether oxygens (including phenoxy) is 1. The fourth-order valence-corrected chi connectivity index (χ4v) is 2.45. The molecule has 0 radical (unpaired) electrons. The second-order valence-corrected chi connectivity index (χ2v) is 5.74. The molecule has 0 atom stereocenters. The molecule has 0 aliphatic rings. The summed E-state index contributed by atoms with van der Waals surface area (Å²) in [6, 6.07) is 7.39. The van der Waals surface area contributed by atoms with Crippen molar-refractivity contribution >= 4 is 0 Å². The van der Waals surface area contributed by atoms with E-state index in [2.05, 4.69) is 11.9 Å². The highest BCUT2D eigenvalue weighted by atomic mass is 19.2. The van der Waals surface area contributed by atoms with E-state index in [0.29, 0.717) is 17.9 Å². The minimum Gasteiger partial charge on any atom is -0.494 e. The molecule has 0 amide bonds. The summed E-state index contributed by atoms with van der Waals surface area (Å²) in [4.78, 5) is 2.92. The van der Waals surface area contributed by atoms with Crippen molar-refractivity contribution in [2.45, 2.75) is 45.4 Å². The van der Waals surface area contributed by atoms with E-state index in [9.17, 15) is 13.2 Å². The summed E-state index contributed by atoms with van der Waals surface area (Å²) in [7, 11) is 0. The van der Waals surface area contributed by atoms with E-state index >= 15 is 0 Å². The number of aromatic nitrogens is 1. The van der Waals surface area contributed by atoms with Gasteiger partial charge in [0.15, 0.2) is 5.82 Å². The van der Waals surface area contributed by atoms with Crippen LogP contribution in [0, 0.1) is 17.7 Å². The lowest BCUT2D eigenvalue weighted by Gasteiger charge is -2.08. The number of halogens is 3. The van der Waals surface area contributed by atoms with Crippen molar-refractivity contribution in [2.24, 2.45) is 0 Å². The van der Waals surface area contributed by atoms with Gasteiger partial charge in [0.1, 0.15) is 5.75 Å². The highest BCUT2D eigenvalue weighted by Gasteiger charge is 2.13. The fraction of sp³-hybridized carbons (Fsp3) is 0.421. The Bertz CT molecular complexity index is 644. The van der Waals surface area contributed by atoms with Gasteiger partial charge in [0.05, 0.1) is 6.61 Å². The van der Waals surface area contributed by atoms with E-state index in [-0.39, 0.29) is 5.56 Å². The molecule has 1 aromatic heterocycles. The normalized spacial score (nSPS) is 10.8. The highest BCUT2D eigenvalue weighted by Crippen LogP contribution is 2.25. The molecule has 2 rings (SSSR count). The van der Waals surface area contributed by atoms with E-state index in [1.54, 1.807) is 24.3 Å². The second-order valence-electron chi connectivity index (χ2n) is 5.74. The first-order chi connectivity index (χ1) is 11.6. The van der Waals surface area contributed by atoms with Gasteiger partial charge in [-0.3, -0.25) is 0 Å². The third kappa shape index (κ3) is 5.25. The van der Waals surface area contributed by atoms with Crippen molar-refractivity contribution in [3.63, 3.8) is 0 Å². The predicted molar refractivity (Wildman–Crippen MR) is 88.4 cm³/mol. The summed E-state index contributed by atoms with van der Waals surface area (Å²) in [5.74, 6) is -2.97. The van der Waals surface area contributed by atoms with Crippen molar-refractivity contribution in [3.8, 4) is 16.9 Å². The van der Waals surface area contributed by atoms with E-state index in [4.69, 9.17) is 4.74 Å². The lowest BCUT2D eigenvalue weighted by molar-refractivity contribution is 0.304. The maximum atomic E-state index is 13.6. The third-order valence-electron chi connectivity index (χ3n) is 3.82. The summed E-state index contributed by atoms with van der Waals surface area (Å²) < 4.78 is 45.4. The number of pyridine rings is 1. The van der Waals surface area contributed by atoms with Crippen LogP contribution in [-0.4, -0.2) is 11.6 Å². The van der Waals surface area contributed by atoms with Gasteiger partial charge in [-0.1, -0.05) is 51.2 Å². The standard InChI is InChI=1S/C19H22F3NO/c1-2-3-4-5-6-7-12-24-15-10-8-14(9-11-15)16-13-17(20)19(22)23-18(16)21/h8-11,13H,2-7,12H2,1H3. The van der Waals surface area contributed by atoms with E-state index in [0.717, 1.165) is 18.9 Å². The fourth-order valence-electron chi connectivity index (χ4n) is 2.45. The minimum atomic E-state index is -1.44. The van der Waals surface area contributed by atoms with Crippen molar-refractivity contribution in [3.05, 3.63) is 48.0 Å². The molecule has 0 saturated heterocycles. The smallest absolute Gasteiger partial charge is 0.251 e. The number of nitrogens with zero attached hydrogens (tertiary/aromatic N) is 1. The van der Waals surface area contributed by atoms with Crippen molar-refractivity contribution < 1.29 is 17.9 Å². The molecule has 24 heavy (non-hydrogen) atoms. The first-order valence-corrected chi connectivity index (χ1v) is 8.36. The van der Waals surface area contributed by atoms with Gasteiger partial charge in [-0.05, 0) is 30.2 Å². The molecule has 0 bridgehead atoms. The van der Waals surface area contributed by atoms with Crippen LogP contribution < -0.4 is 4.74 Å². The molecule has 2 nitrogen and oxygen atoms in total. The molecule has 5 heteroatoms. The Labute approximate surface area is 140 Å². The van der Waals surface area contributed by atoms with Gasteiger partial charge in [-0.15, -0.1) is 0 Å². The molecule has 0 spiro atoms.